The maximum Gasteiger partial charge on any atom is 0.453 e. The summed E-state index contributed by atoms with van der Waals surface area (Å²) in [5.41, 5.74) is 3.48. The number of carbonyl (C=O) groups is 1. The number of nitrogens with one attached hydrogen (secondary N) is 1. The molecule has 27 heavy (non-hydrogen) atoms. The van der Waals surface area contributed by atoms with Gasteiger partial charge < -0.3 is 5.32 Å². The van der Waals surface area contributed by atoms with Gasteiger partial charge in [-0.15, -0.1) is 5.10 Å². The normalized spacial score (nSPS) is 11.8. The first-order chi connectivity index (χ1) is 12.6. The van der Waals surface area contributed by atoms with E-state index in [4.69, 9.17) is 0 Å². The van der Waals surface area contributed by atoms with Crippen molar-refractivity contribution in [2.75, 3.05) is 5.32 Å². The van der Waals surface area contributed by atoms with Crippen molar-refractivity contribution in [1.29, 1.82) is 0 Å². The molecule has 1 N–H and O–H groups in total. The Kier molecular flexibility index (Phi) is 4.86. The first-order valence-electron chi connectivity index (χ1n) is 8.31. The van der Waals surface area contributed by atoms with Crippen molar-refractivity contribution < 1.29 is 18.0 Å². The standard InChI is InChI=1S/C18H18F3N5O/c1-10-4-6-13(7-5-10)23-15(27)9-8-14-11(2)22-17-24-16(18(19,20)21)25-26(17)12(14)3/h4-7H,8-9H2,1-3H3,(H,23,27). The van der Waals surface area contributed by atoms with Crippen LogP contribution in [-0.2, 0) is 17.4 Å². The van der Waals surface area contributed by atoms with Crippen molar-refractivity contribution in [3.8, 4) is 0 Å². The van der Waals surface area contributed by atoms with E-state index in [1.54, 1.807) is 13.8 Å². The molecular weight excluding hydrogens is 359 g/mol. The fourth-order valence-corrected chi connectivity index (χ4v) is 2.79. The van der Waals surface area contributed by atoms with E-state index >= 15 is 0 Å². The van der Waals surface area contributed by atoms with Gasteiger partial charge in [0.1, 0.15) is 0 Å². The average molecular weight is 377 g/mol. The van der Waals surface area contributed by atoms with Crippen LogP contribution in [0.5, 0.6) is 0 Å². The Morgan fingerprint density at radius 2 is 1.78 bits per heavy atom. The highest BCUT2D eigenvalue weighted by Gasteiger charge is 2.36. The number of hydrogen-bond donors (Lipinski definition) is 1. The second-order valence-electron chi connectivity index (χ2n) is 6.32. The van der Waals surface area contributed by atoms with Crippen molar-refractivity contribution in [3.63, 3.8) is 0 Å². The number of hydrogen-bond acceptors (Lipinski definition) is 4. The minimum absolute atomic E-state index is 0.106. The molecule has 0 fully saturated rings. The molecule has 0 atom stereocenters. The molecular formula is C18H18F3N5O. The molecule has 0 aliphatic rings. The number of benzene rings is 1. The summed E-state index contributed by atoms with van der Waals surface area (Å²) in [6, 6.07) is 7.41. The second kappa shape index (κ2) is 6.98. The molecule has 0 saturated heterocycles. The minimum atomic E-state index is -4.64. The number of halogens is 3. The predicted molar refractivity (Wildman–Crippen MR) is 93.4 cm³/mol. The predicted octanol–water partition coefficient (Wildman–Crippen LogP) is 3.64. The van der Waals surface area contributed by atoms with Crippen LogP contribution in [0.25, 0.3) is 5.78 Å². The lowest BCUT2D eigenvalue weighted by molar-refractivity contribution is -0.144. The third kappa shape index (κ3) is 4.07. The van der Waals surface area contributed by atoms with E-state index in [0.29, 0.717) is 29.1 Å². The smallest absolute Gasteiger partial charge is 0.326 e. The fraction of sp³-hybridized carbons (Fsp3) is 0.333. The Balaban J connectivity index is 1.78. The van der Waals surface area contributed by atoms with E-state index in [1.165, 1.54) is 0 Å². The van der Waals surface area contributed by atoms with Gasteiger partial charge in [0.2, 0.25) is 5.91 Å². The summed E-state index contributed by atoms with van der Waals surface area (Å²) in [7, 11) is 0. The molecule has 2 aromatic heterocycles. The van der Waals surface area contributed by atoms with Crippen LogP contribution in [0.3, 0.4) is 0 Å². The van der Waals surface area contributed by atoms with Crippen LogP contribution < -0.4 is 5.32 Å². The topological polar surface area (TPSA) is 72.2 Å². The molecule has 1 amide bonds. The summed E-state index contributed by atoms with van der Waals surface area (Å²) in [5, 5.41) is 6.30. The number of aryl methyl sites for hydroxylation is 3. The fourth-order valence-electron chi connectivity index (χ4n) is 2.79. The van der Waals surface area contributed by atoms with Gasteiger partial charge >= 0.3 is 6.18 Å². The van der Waals surface area contributed by atoms with Gasteiger partial charge in [-0.3, -0.25) is 4.79 Å². The van der Waals surface area contributed by atoms with Crippen LogP contribution in [0, 0.1) is 20.8 Å². The number of alkyl halides is 3. The van der Waals surface area contributed by atoms with E-state index in [1.807, 2.05) is 31.2 Å². The molecule has 3 rings (SSSR count). The zero-order valence-corrected chi connectivity index (χ0v) is 15.1. The number of fused-ring (bicyclic) bond motifs is 1. The van der Waals surface area contributed by atoms with Crippen molar-refractivity contribution in [2.45, 2.75) is 39.8 Å². The number of anilines is 1. The van der Waals surface area contributed by atoms with Gasteiger partial charge in [-0.05, 0) is 44.9 Å². The van der Waals surface area contributed by atoms with E-state index < -0.39 is 12.0 Å². The molecule has 2 heterocycles. The van der Waals surface area contributed by atoms with Gasteiger partial charge in [-0.25, -0.2) is 9.50 Å². The van der Waals surface area contributed by atoms with Crippen LogP contribution >= 0.6 is 0 Å². The molecule has 0 bridgehead atoms. The summed E-state index contributed by atoms with van der Waals surface area (Å²) in [5.74, 6) is -1.52. The number of amides is 1. The molecule has 3 aromatic rings. The molecule has 0 aliphatic carbocycles. The van der Waals surface area contributed by atoms with Crippen molar-refractivity contribution in [3.05, 3.63) is 52.6 Å². The van der Waals surface area contributed by atoms with E-state index in [9.17, 15) is 18.0 Å². The minimum Gasteiger partial charge on any atom is -0.326 e. The number of carbonyl (C=O) groups excluding carboxylic acids is 1. The first-order valence-corrected chi connectivity index (χ1v) is 8.31. The average Bonchev–Trinajstić information content (AvgIpc) is 3.01. The monoisotopic (exact) mass is 377 g/mol. The number of aromatic nitrogens is 4. The van der Waals surface area contributed by atoms with Crippen LogP contribution in [0.4, 0.5) is 18.9 Å². The van der Waals surface area contributed by atoms with Crippen molar-refractivity contribution >= 4 is 17.4 Å². The van der Waals surface area contributed by atoms with Gasteiger partial charge in [0, 0.05) is 23.5 Å². The molecule has 0 saturated carbocycles. The first kappa shape index (κ1) is 18.8. The number of nitrogens with zero attached hydrogens (tertiary/aromatic N) is 4. The van der Waals surface area contributed by atoms with Gasteiger partial charge in [0.05, 0.1) is 0 Å². The van der Waals surface area contributed by atoms with Crippen LogP contribution in [0.15, 0.2) is 24.3 Å². The molecule has 0 radical (unpaired) electrons. The maximum absolute atomic E-state index is 12.8. The lowest BCUT2D eigenvalue weighted by Crippen LogP contribution is -2.14. The van der Waals surface area contributed by atoms with Gasteiger partial charge in [0.25, 0.3) is 11.6 Å². The maximum atomic E-state index is 12.8. The summed E-state index contributed by atoms with van der Waals surface area (Å²) < 4.78 is 39.5. The highest BCUT2D eigenvalue weighted by atomic mass is 19.4. The van der Waals surface area contributed by atoms with Gasteiger partial charge in [-0.1, -0.05) is 17.7 Å². The van der Waals surface area contributed by atoms with Crippen LogP contribution in [-0.4, -0.2) is 25.5 Å². The zero-order valence-electron chi connectivity index (χ0n) is 15.1. The Morgan fingerprint density at radius 1 is 1.11 bits per heavy atom. The highest BCUT2D eigenvalue weighted by molar-refractivity contribution is 5.90. The third-order valence-corrected chi connectivity index (χ3v) is 4.24. The van der Waals surface area contributed by atoms with E-state index in [0.717, 1.165) is 10.1 Å². The Bertz CT molecular complexity index is 993. The number of rotatable bonds is 4. The van der Waals surface area contributed by atoms with Crippen LogP contribution in [0.1, 0.15) is 34.8 Å². The summed E-state index contributed by atoms with van der Waals surface area (Å²) in [6.07, 6.45) is -4.13. The zero-order chi connectivity index (χ0) is 19.8. The lowest BCUT2D eigenvalue weighted by Gasteiger charge is -2.10. The molecule has 0 aliphatic heterocycles. The summed E-state index contributed by atoms with van der Waals surface area (Å²) in [6.45, 7) is 5.28. The Hall–Kier alpha value is -2.97. The second-order valence-corrected chi connectivity index (χ2v) is 6.32. The Labute approximate surface area is 153 Å². The Morgan fingerprint density at radius 3 is 2.41 bits per heavy atom. The van der Waals surface area contributed by atoms with Crippen LogP contribution in [0.2, 0.25) is 0 Å². The molecule has 1 aromatic carbocycles. The highest BCUT2D eigenvalue weighted by Crippen LogP contribution is 2.27. The molecule has 0 unspecified atom stereocenters. The summed E-state index contributed by atoms with van der Waals surface area (Å²) in [4.78, 5) is 19.7. The van der Waals surface area contributed by atoms with Crippen molar-refractivity contribution in [2.24, 2.45) is 0 Å². The quantitative estimate of drug-likeness (QED) is 0.754. The van der Waals surface area contributed by atoms with E-state index in [2.05, 4.69) is 20.4 Å². The third-order valence-electron chi connectivity index (χ3n) is 4.24. The lowest BCUT2D eigenvalue weighted by atomic mass is 10.1. The SMILES string of the molecule is Cc1ccc(NC(=O)CCc2c(C)nc3nc(C(F)(F)F)nn3c2C)cc1. The molecule has 0 spiro atoms. The molecule has 142 valence electrons. The summed E-state index contributed by atoms with van der Waals surface area (Å²) >= 11 is 0. The largest absolute Gasteiger partial charge is 0.453 e. The molecule has 9 heteroatoms. The van der Waals surface area contributed by atoms with E-state index in [-0.39, 0.29) is 18.1 Å². The van der Waals surface area contributed by atoms with Gasteiger partial charge in [0.15, 0.2) is 0 Å². The van der Waals surface area contributed by atoms with Gasteiger partial charge in [-0.2, -0.15) is 18.2 Å². The molecule has 6 nitrogen and oxygen atoms in total. The van der Waals surface area contributed by atoms with Crippen molar-refractivity contribution in [1.82, 2.24) is 19.6 Å².